The summed E-state index contributed by atoms with van der Waals surface area (Å²) in [6.07, 6.45) is 2.56. The standard InChI is InChI=1S/C24H29N5O3S/c1-4-19-7-5-6-8-23(19)25-17-22-18(2)26-29(24(22)30)20-9-11-21(12-10-20)33(31,32)28-15-13-27(3)14-16-28/h5-12,17,25H,4,13-16H2,1-3H3. The van der Waals surface area contributed by atoms with Crippen LogP contribution in [0.3, 0.4) is 0 Å². The third-order valence-corrected chi connectivity index (χ3v) is 7.93. The van der Waals surface area contributed by atoms with Crippen molar-refractivity contribution in [3.63, 3.8) is 0 Å². The zero-order chi connectivity index (χ0) is 23.6. The van der Waals surface area contributed by atoms with Gasteiger partial charge in [0, 0.05) is 38.1 Å². The summed E-state index contributed by atoms with van der Waals surface area (Å²) in [7, 11) is -1.58. The summed E-state index contributed by atoms with van der Waals surface area (Å²) in [6, 6.07) is 14.3. The first-order valence-electron chi connectivity index (χ1n) is 11.0. The smallest absolute Gasteiger partial charge is 0.282 e. The molecule has 2 aromatic carbocycles. The minimum atomic E-state index is -3.56. The van der Waals surface area contributed by atoms with Crippen LogP contribution < -0.4 is 10.3 Å². The molecular weight excluding hydrogens is 438 g/mol. The monoisotopic (exact) mass is 467 g/mol. The minimum absolute atomic E-state index is 0.219. The summed E-state index contributed by atoms with van der Waals surface area (Å²) < 4.78 is 27.4. The van der Waals surface area contributed by atoms with Gasteiger partial charge in [0.05, 0.1) is 21.9 Å². The van der Waals surface area contributed by atoms with Gasteiger partial charge in [0.15, 0.2) is 0 Å². The number of nitrogens with zero attached hydrogens (tertiary/aromatic N) is 4. The number of para-hydroxylation sites is 1. The van der Waals surface area contributed by atoms with Crippen LogP contribution in [0.2, 0.25) is 0 Å². The van der Waals surface area contributed by atoms with Gasteiger partial charge in [-0.25, -0.2) is 8.42 Å². The van der Waals surface area contributed by atoms with Gasteiger partial charge in [-0.1, -0.05) is 25.1 Å². The lowest BCUT2D eigenvalue weighted by Crippen LogP contribution is -2.47. The lowest BCUT2D eigenvalue weighted by molar-refractivity contribution is -0.114. The summed E-state index contributed by atoms with van der Waals surface area (Å²) in [5, 5.41) is 8.93. The number of hydrazone groups is 1. The Hall–Kier alpha value is -3.01. The molecule has 1 amide bonds. The Labute approximate surface area is 195 Å². The van der Waals surface area contributed by atoms with Gasteiger partial charge in [-0.2, -0.15) is 14.4 Å². The number of carbonyl (C=O) groups excluding carboxylic acids is 1. The summed E-state index contributed by atoms with van der Waals surface area (Å²) in [5.74, 6) is -0.261. The molecule has 0 aromatic heterocycles. The molecule has 1 saturated heterocycles. The Balaban J connectivity index is 1.50. The van der Waals surface area contributed by atoms with Gasteiger partial charge in [0.2, 0.25) is 10.0 Å². The Bertz CT molecular complexity index is 1200. The van der Waals surface area contributed by atoms with Crippen molar-refractivity contribution in [3.8, 4) is 0 Å². The molecule has 0 spiro atoms. The maximum atomic E-state index is 13.0. The van der Waals surface area contributed by atoms with Gasteiger partial charge in [0.25, 0.3) is 5.91 Å². The van der Waals surface area contributed by atoms with Crippen LogP contribution in [0.5, 0.6) is 0 Å². The minimum Gasteiger partial charge on any atom is -0.361 e. The number of hydrogen-bond acceptors (Lipinski definition) is 6. The van der Waals surface area contributed by atoms with Crippen molar-refractivity contribution >= 4 is 33.0 Å². The number of hydrogen-bond donors (Lipinski definition) is 1. The Morgan fingerprint density at radius 1 is 1.03 bits per heavy atom. The third-order valence-electron chi connectivity index (χ3n) is 6.01. The van der Waals surface area contributed by atoms with Crippen molar-refractivity contribution < 1.29 is 13.2 Å². The number of benzene rings is 2. The maximum absolute atomic E-state index is 13.0. The van der Waals surface area contributed by atoms with Crippen LogP contribution in [-0.4, -0.2) is 62.5 Å². The Kier molecular flexibility index (Phi) is 6.64. The van der Waals surface area contributed by atoms with Crippen molar-refractivity contribution in [2.75, 3.05) is 43.6 Å². The van der Waals surface area contributed by atoms with Crippen molar-refractivity contribution in [1.82, 2.24) is 9.21 Å². The van der Waals surface area contributed by atoms with E-state index in [0.29, 0.717) is 43.2 Å². The molecule has 4 rings (SSSR count). The van der Waals surface area contributed by atoms with Crippen molar-refractivity contribution in [1.29, 1.82) is 0 Å². The van der Waals surface area contributed by atoms with E-state index < -0.39 is 10.0 Å². The average Bonchev–Trinajstić information content (AvgIpc) is 3.11. The number of carbonyl (C=O) groups is 1. The fraction of sp³-hybridized carbons (Fsp3) is 0.333. The van der Waals surface area contributed by atoms with Gasteiger partial charge in [-0.05, 0) is 56.3 Å². The zero-order valence-corrected chi connectivity index (χ0v) is 20.0. The fourth-order valence-corrected chi connectivity index (χ4v) is 5.34. The van der Waals surface area contributed by atoms with E-state index in [-0.39, 0.29) is 10.8 Å². The van der Waals surface area contributed by atoms with E-state index in [0.717, 1.165) is 17.7 Å². The van der Waals surface area contributed by atoms with Crippen LogP contribution in [-0.2, 0) is 21.2 Å². The van der Waals surface area contributed by atoms with Crippen molar-refractivity contribution in [2.24, 2.45) is 5.10 Å². The first-order valence-corrected chi connectivity index (χ1v) is 12.5. The van der Waals surface area contributed by atoms with E-state index >= 15 is 0 Å². The number of nitrogens with one attached hydrogen (secondary N) is 1. The Morgan fingerprint density at radius 2 is 1.70 bits per heavy atom. The molecule has 174 valence electrons. The van der Waals surface area contributed by atoms with Crippen molar-refractivity contribution in [2.45, 2.75) is 25.2 Å². The molecule has 33 heavy (non-hydrogen) atoms. The molecule has 0 radical (unpaired) electrons. The highest BCUT2D eigenvalue weighted by molar-refractivity contribution is 7.89. The van der Waals surface area contributed by atoms with E-state index in [9.17, 15) is 13.2 Å². The molecular formula is C24H29N5O3S. The summed E-state index contributed by atoms with van der Waals surface area (Å²) in [6.45, 7) is 6.21. The molecule has 0 bridgehead atoms. The summed E-state index contributed by atoms with van der Waals surface area (Å²) in [4.78, 5) is 15.3. The zero-order valence-electron chi connectivity index (χ0n) is 19.2. The molecule has 2 aromatic rings. The number of piperazine rings is 1. The number of rotatable bonds is 6. The SMILES string of the molecule is CCc1ccccc1NC=C1C(=O)N(c2ccc(S(=O)(=O)N3CCN(C)CC3)cc2)N=C1C. The first kappa shape index (κ1) is 23.2. The number of likely N-dealkylation sites (N-methyl/N-ethyl adjacent to an activating group) is 1. The maximum Gasteiger partial charge on any atom is 0.282 e. The highest BCUT2D eigenvalue weighted by Crippen LogP contribution is 2.27. The third kappa shape index (κ3) is 4.71. The molecule has 1 N–H and O–H groups in total. The second-order valence-corrected chi connectivity index (χ2v) is 10.2. The Morgan fingerprint density at radius 3 is 2.36 bits per heavy atom. The van der Waals surface area contributed by atoms with Crippen LogP contribution in [0, 0.1) is 0 Å². The molecule has 0 unspecified atom stereocenters. The second-order valence-electron chi connectivity index (χ2n) is 8.22. The molecule has 1 fully saturated rings. The van der Waals surface area contributed by atoms with Gasteiger partial charge in [0.1, 0.15) is 0 Å². The average molecular weight is 468 g/mol. The molecule has 2 heterocycles. The second kappa shape index (κ2) is 9.46. The van der Waals surface area contributed by atoms with Gasteiger partial charge >= 0.3 is 0 Å². The number of anilines is 2. The summed E-state index contributed by atoms with van der Waals surface area (Å²) in [5.41, 5.74) is 3.69. The topological polar surface area (TPSA) is 85.3 Å². The number of amides is 1. The highest BCUT2D eigenvalue weighted by Gasteiger charge is 2.30. The van der Waals surface area contributed by atoms with Gasteiger partial charge < -0.3 is 10.2 Å². The normalized spacial score (nSPS) is 19.2. The largest absolute Gasteiger partial charge is 0.361 e. The van der Waals surface area contributed by atoms with Gasteiger partial charge in [-0.15, -0.1) is 0 Å². The highest BCUT2D eigenvalue weighted by atomic mass is 32.2. The van der Waals surface area contributed by atoms with Crippen LogP contribution >= 0.6 is 0 Å². The van der Waals surface area contributed by atoms with E-state index in [2.05, 4.69) is 22.2 Å². The van der Waals surface area contributed by atoms with Crippen LogP contribution in [0.1, 0.15) is 19.4 Å². The lowest BCUT2D eigenvalue weighted by atomic mass is 10.1. The quantitative estimate of drug-likeness (QED) is 0.661. The molecule has 0 atom stereocenters. The molecule has 2 aliphatic rings. The van der Waals surface area contributed by atoms with Crippen LogP contribution in [0.4, 0.5) is 11.4 Å². The van der Waals surface area contributed by atoms with Crippen molar-refractivity contribution in [3.05, 3.63) is 65.9 Å². The molecule has 2 aliphatic heterocycles. The van der Waals surface area contributed by atoms with Gasteiger partial charge in [-0.3, -0.25) is 4.79 Å². The molecule has 8 nitrogen and oxygen atoms in total. The van der Waals surface area contributed by atoms with E-state index in [4.69, 9.17) is 0 Å². The van der Waals surface area contributed by atoms with Crippen LogP contribution in [0.25, 0.3) is 0 Å². The summed E-state index contributed by atoms with van der Waals surface area (Å²) >= 11 is 0. The van der Waals surface area contributed by atoms with Crippen LogP contribution in [0.15, 0.2) is 70.3 Å². The number of sulfonamides is 1. The molecule has 0 saturated carbocycles. The predicted octanol–water partition coefficient (Wildman–Crippen LogP) is 2.90. The fourth-order valence-electron chi connectivity index (χ4n) is 3.92. The first-order chi connectivity index (χ1) is 15.8. The van der Waals surface area contributed by atoms with E-state index in [1.165, 1.54) is 9.31 Å². The van der Waals surface area contributed by atoms with E-state index in [1.54, 1.807) is 37.4 Å². The number of aryl methyl sites for hydroxylation is 1. The molecule has 0 aliphatic carbocycles. The molecule has 9 heteroatoms. The van der Waals surface area contributed by atoms with E-state index in [1.807, 2.05) is 31.3 Å². The lowest BCUT2D eigenvalue weighted by Gasteiger charge is -2.31. The predicted molar refractivity (Wildman–Crippen MR) is 131 cm³/mol.